The lowest BCUT2D eigenvalue weighted by Crippen LogP contribution is -2.11. The van der Waals surface area contributed by atoms with Gasteiger partial charge in [-0.15, -0.1) is 0 Å². The van der Waals surface area contributed by atoms with E-state index in [4.69, 9.17) is 9.84 Å². The Morgan fingerprint density at radius 3 is 2.44 bits per heavy atom. The third-order valence-electron chi connectivity index (χ3n) is 2.26. The molecule has 0 fully saturated rings. The normalized spacial score (nSPS) is 12.6. The monoisotopic (exact) mass is 270 g/mol. The highest BCUT2D eigenvalue weighted by Crippen LogP contribution is 2.10. The molecule has 4 nitrogen and oxygen atoms in total. The van der Waals surface area contributed by atoms with E-state index in [1.54, 1.807) is 24.3 Å². The van der Waals surface area contributed by atoms with Gasteiger partial charge in [-0.05, 0) is 31.5 Å². The average Bonchev–Trinajstić information content (AvgIpc) is 2.28. The van der Waals surface area contributed by atoms with Gasteiger partial charge in [0.05, 0.1) is 35.7 Å². The van der Waals surface area contributed by atoms with E-state index in [0.717, 1.165) is 0 Å². The molecule has 1 unspecified atom stereocenters. The minimum absolute atomic E-state index is 0.0105. The number of carboxylic acid groups (broad SMARTS) is 1. The Morgan fingerprint density at radius 2 is 1.94 bits per heavy atom. The fourth-order valence-corrected chi connectivity index (χ4v) is 2.33. The lowest BCUT2D eigenvalue weighted by Gasteiger charge is -2.07. The number of hydrogen-bond donors (Lipinski definition) is 1. The van der Waals surface area contributed by atoms with Crippen molar-refractivity contribution in [1.82, 2.24) is 0 Å². The molecular weight excluding hydrogens is 252 g/mol. The van der Waals surface area contributed by atoms with Crippen molar-refractivity contribution < 1.29 is 18.8 Å². The highest BCUT2D eigenvalue weighted by atomic mass is 32.2. The summed E-state index contributed by atoms with van der Waals surface area (Å²) in [6.45, 7) is 4.33. The van der Waals surface area contributed by atoms with Crippen LogP contribution in [0.2, 0.25) is 0 Å². The summed E-state index contributed by atoms with van der Waals surface area (Å²) in [4.78, 5) is 11.2. The number of carboxylic acids is 1. The summed E-state index contributed by atoms with van der Waals surface area (Å²) in [5, 5.41) is 8.64. The summed E-state index contributed by atoms with van der Waals surface area (Å²) >= 11 is 0. The van der Waals surface area contributed by atoms with Crippen LogP contribution in [-0.4, -0.2) is 33.7 Å². The van der Waals surface area contributed by atoms with Gasteiger partial charge in [0.15, 0.2) is 0 Å². The molecule has 0 spiro atoms. The van der Waals surface area contributed by atoms with Gasteiger partial charge in [-0.25, -0.2) is 0 Å². The molecule has 0 aliphatic carbocycles. The molecule has 1 N–H and O–H groups in total. The van der Waals surface area contributed by atoms with Gasteiger partial charge < -0.3 is 9.84 Å². The van der Waals surface area contributed by atoms with Crippen molar-refractivity contribution in [3.8, 4) is 0 Å². The summed E-state index contributed by atoms with van der Waals surface area (Å²) < 4.78 is 17.2. The quantitative estimate of drug-likeness (QED) is 0.821. The average molecular weight is 270 g/mol. The summed E-state index contributed by atoms with van der Waals surface area (Å²) in [6, 6.07) is 6.82. The van der Waals surface area contributed by atoms with Gasteiger partial charge in [-0.3, -0.25) is 9.00 Å². The van der Waals surface area contributed by atoms with Crippen molar-refractivity contribution in [2.24, 2.45) is 0 Å². The molecule has 1 aromatic carbocycles. The number of rotatable bonds is 7. The van der Waals surface area contributed by atoms with Crippen molar-refractivity contribution in [3.05, 3.63) is 29.8 Å². The first-order chi connectivity index (χ1) is 8.49. The van der Waals surface area contributed by atoms with Crippen molar-refractivity contribution in [3.63, 3.8) is 0 Å². The number of carbonyl (C=O) groups is 1. The molecule has 1 rings (SSSR count). The smallest absolute Gasteiger partial charge is 0.307 e. The first-order valence-electron chi connectivity index (χ1n) is 5.79. The molecule has 18 heavy (non-hydrogen) atoms. The van der Waals surface area contributed by atoms with E-state index < -0.39 is 16.8 Å². The highest BCUT2D eigenvalue weighted by molar-refractivity contribution is 7.85. The Labute approximate surface area is 109 Å². The maximum Gasteiger partial charge on any atom is 0.307 e. The maximum absolute atomic E-state index is 11.9. The number of aliphatic carboxylic acids is 1. The van der Waals surface area contributed by atoms with Crippen LogP contribution < -0.4 is 0 Å². The summed E-state index contributed by atoms with van der Waals surface area (Å²) in [6.07, 6.45) is 0.128. The van der Waals surface area contributed by atoms with Gasteiger partial charge in [-0.2, -0.15) is 0 Å². The molecule has 0 saturated heterocycles. The summed E-state index contributed by atoms with van der Waals surface area (Å²) in [5.74, 6) is -0.412. The van der Waals surface area contributed by atoms with Gasteiger partial charge in [0.2, 0.25) is 0 Å². The zero-order chi connectivity index (χ0) is 13.5. The molecule has 0 bridgehead atoms. The molecule has 0 aliphatic heterocycles. The van der Waals surface area contributed by atoms with Gasteiger partial charge in [0.1, 0.15) is 0 Å². The third kappa shape index (κ3) is 5.42. The predicted molar refractivity (Wildman–Crippen MR) is 70.1 cm³/mol. The van der Waals surface area contributed by atoms with E-state index in [0.29, 0.717) is 22.8 Å². The second-order valence-electron chi connectivity index (χ2n) is 4.18. The van der Waals surface area contributed by atoms with Crippen LogP contribution in [0.15, 0.2) is 29.2 Å². The molecular formula is C13H18O4S. The zero-order valence-corrected chi connectivity index (χ0v) is 11.4. The fraction of sp³-hybridized carbons (Fsp3) is 0.462. The SMILES string of the molecule is CC(C)OCCS(=O)c1ccc(CC(=O)O)cc1. The standard InChI is InChI=1S/C13H18O4S/c1-10(2)17-7-8-18(16)12-5-3-11(4-6-12)9-13(14)15/h3-6,10H,7-9H2,1-2H3,(H,14,15). The van der Waals surface area contributed by atoms with Crippen molar-refractivity contribution in [2.75, 3.05) is 12.4 Å². The highest BCUT2D eigenvalue weighted by Gasteiger charge is 2.06. The molecule has 1 aromatic rings. The Hall–Kier alpha value is -1.20. The molecule has 0 aliphatic rings. The van der Waals surface area contributed by atoms with Gasteiger partial charge in [0, 0.05) is 4.90 Å². The topological polar surface area (TPSA) is 63.6 Å². The largest absolute Gasteiger partial charge is 0.481 e. The lowest BCUT2D eigenvalue weighted by atomic mass is 10.2. The van der Waals surface area contributed by atoms with Gasteiger partial charge >= 0.3 is 5.97 Å². The molecule has 0 heterocycles. The Bertz CT molecular complexity index is 412. The fourth-order valence-electron chi connectivity index (χ4n) is 1.41. The van der Waals surface area contributed by atoms with Crippen molar-refractivity contribution in [2.45, 2.75) is 31.3 Å². The van der Waals surface area contributed by atoms with Gasteiger partial charge in [0.25, 0.3) is 0 Å². The van der Waals surface area contributed by atoms with Crippen LogP contribution in [0.1, 0.15) is 19.4 Å². The molecule has 5 heteroatoms. The Kier molecular flexibility index (Phi) is 6.01. The summed E-state index contributed by atoms with van der Waals surface area (Å²) in [7, 11) is -1.09. The van der Waals surface area contributed by atoms with Gasteiger partial charge in [-0.1, -0.05) is 12.1 Å². The summed E-state index contributed by atoms with van der Waals surface area (Å²) in [5.41, 5.74) is 0.710. The minimum Gasteiger partial charge on any atom is -0.481 e. The van der Waals surface area contributed by atoms with Crippen molar-refractivity contribution >= 4 is 16.8 Å². The van der Waals surface area contributed by atoms with Crippen LogP contribution in [0.4, 0.5) is 0 Å². The zero-order valence-electron chi connectivity index (χ0n) is 10.6. The van der Waals surface area contributed by atoms with E-state index >= 15 is 0 Å². The van der Waals surface area contributed by atoms with E-state index in [1.165, 1.54) is 0 Å². The van der Waals surface area contributed by atoms with Crippen molar-refractivity contribution in [1.29, 1.82) is 0 Å². The molecule has 100 valence electrons. The van der Waals surface area contributed by atoms with Crippen LogP contribution >= 0.6 is 0 Å². The van der Waals surface area contributed by atoms with E-state index in [-0.39, 0.29) is 12.5 Å². The first-order valence-corrected chi connectivity index (χ1v) is 7.11. The molecule has 1 atom stereocenters. The van der Waals surface area contributed by atoms with E-state index in [9.17, 15) is 9.00 Å². The van der Waals surface area contributed by atoms with E-state index in [2.05, 4.69) is 0 Å². The maximum atomic E-state index is 11.9. The molecule has 0 aromatic heterocycles. The number of ether oxygens (including phenoxy) is 1. The molecule has 0 radical (unpaired) electrons. The second-order valence-corrected chi connectivity index (χ2v) is 5.75. The molecule has 0 saturated carbocycles. The Morgan fingerprint density at radius 1 is 1.33 bits per heavy atom. The van der Waals surface area contributed by atoms with E-state index in [1.807, 2.05) is 13.8 Å². The lowest BCUT2D eigenvalue weighted by molar-refractivity contribution is -0.136. The first kappa shape index (κ1) is 14.9. The van der Waals surface area contributed by atoms with Crippen LogP contribution in [0.25, 0.3) is 0 Å². The number of benzene rings is 1. The minimum atomic E-state index is -1.09. The second kappa shape index (κ2) is 7.28. The third-order valence-corrected chi connectivity index (χ3v) is 3.60. The van der Waals surface area contributed by atoms with Crippen LogP contribution in [-0.2, 0) is 26.8 Å². The number of hydrogen-bond acceptors (Lipinski definition) is 3. The van der Waals surface area contributed by atoms with Crippen LogP contribution in [0, 0.1) is 0 Å². The van der Waals surface area contributed by atoms with Crippen LogP contribution in [0.3, 0.4) is 0 Å². The van der Waals surface area contributed by atoms with Crippen LogP contribution in [0.5, 0.6) is 0 Å². The molecule has 0 amide bonds. The predicted octanol–water partition coefficient (Wildman–Crippen LogP) is 1.85. The Balaban J connectivity index is 2.51.